The van der Waals surface area contributed by atoms with Crippen molar-refractivity contribution in [2.45, 2.75) is 62.7 Å². The summed E-state index contributed by atoms with van der Waals surface area (Å²) >= 11 is -1.02. The molecule has 1 saturated carbocycles. The van der Waals surface area contributed by atoms with Crippen LogP contribution in [0.25, 0.3) is 0 Å². The number of anilines is 2. The number of rotatable bonds is 5. The molecule has 4 rings (SSSR count). The number of ether oxygens (including phenoxy) is 1. The number of hydrogen-bond acceptors (Lipinski definition) is 5. The summed E-state index contributed by atoms with van der Waals surface area (Å²) in [4.78, 5) is 11.8. The molecular weight excluding hydrogens is 395 g/mol. The number of aromatic amines is 1. The molecule has 2 heterocycles. The molecule has 0 bridgehead atoms. The summed E-state index contributed by atoms with van der Waals surface area (Å²) in [6.07, 6.45) is 1.92. The van der Waals surface area contributed by atoms with Crippen LogP contribution in [0.1, 0.15) is 55.8 Å². The zero-order valence-corrected chi connectivity index (χ0v) is 17.3. The van der Waals surface area contributed by atoms with Crippen LogP contribution in [0.2, 0.25) is 0 Å². The molecule has 9 heteroatoms. The largest absolute Gasteiger partial charge is 0.616 e. The van der Waals surface area contributed by atoms with Gasteiger partial charge in [0.1, 0.15) is 17.6 Å². The first-order chi connectivity index (χ1) is 13.9. The molecule has 2 aromatic rings. The lowest BCUT2D eigenvalue weighted by Crippen LogP contribution is -2.33. The maximum Gasteiger partial charge on any atom is 0.407 e. The normalized spacial score (nSPS) is 23.3. The minimum absolute atomic E-state index is 0.0422. The highest BCUT2D eigenvalue weighted by Gasteiger charge is 2.30. The van der Waals surface area contributed by atoms with Crippen LogP contribution in [0.5, 0.6) is 0 Å². The average molecular weight is 421 g/mol. The zero-order valence-electron chi connectivity index (χ0n) is 16.5. The van der Waals surface area contributed by atoms with Crippen molar-refractivity contribution in [3.63, 3.8) is 0 Å². The van der Waals surface area contributed by atoms with Gasteiger partial charge in [-0.25, -0.2) is 9.18 Å². The van der Waals surface area contributed by atoms with Crippen molar-refractivity contribution < 1.29 is 18.5 Å². The second kappa shape index (κ2) is 8.23. The molecule has 1 aliphatic carbocycles. The number of alkyl carbamates (subject to hydrolysis) is 1. The number of nitrogens with one attached hydrogen (secondary N) is 3. The third kappa shape index (κ3) is 4.51. The topological polar surface area (TPSA) is 102 Å². The average Bonchev–Trinajstić information content (AvgIpc) is 3.36. The summed E-state index contributed by atoms with van der Waals surface area (Å²) in [6, 6.07) is 5.39. The molecule has 1 aromatic carbocycles. The molecule has 0 spiro atoms. The number of H-pyrrole nitrogens is 1. The molecule has 29 heavy (non-hydrogen) atoms. The lowest BCUT2D eigenvalue weighted by molar-refractivity contribution is 0.0981. The molecule has 3 N–H and O–H groups in total. The molecule has 0 saturated heterocycles. The van der Waals surface area contributed by atoms with Gasteiger partial charge in [-0.3, -0.25) is 5.10 Å². The van der Waals surface area contributed by atoms with Crippen molar-refractivity contribution >= 4 is 28.8 Å². The van der Waals surface area contributed by atoms with E-state index in [-0.39, 0.29) is 35.7 Å². The Balaban J connectivity index is 1.37. The second-order valence-corrected chi connectivity index (χ2v) is 9.42. The van der Waals surface area contributed by atoms with Gasteiger partial charge in [0.05, 0.1) is 5.69 Å². The van der Waals surface area contributed by atoms with Crippen molar-refractivity contribution in [2.75, 3.05) is 5.32 Å². The van der Waals surface area contributed by atoms with Crippen LogP contribution < -0.4 is 10.6 Å². The summed E-state index contributed by atoms with van der Waals surface area (Å²) in [7, 11) is 0. The van der Waals surface area contributed by atoms with Crippen LogP contribution in [-0.2, 0) is 27.4 Å². The molecule has 7 nitrogen and oxygen atoms in total. The summed E-state index contributed by atoms with van der Waals surface area (Å²) in [5.74, 6) is 1.06. The first kappa shape index (κ1) is 20.0. The van der Waals surface area contributed by atoms with Gasteiger partial charge < -0.3 is 19.9 Å². The van der Waals surface area contributed by atoms with Crippen molar-refractivity contribution in [3.8, 4) is 0 Å². The Kier molecular flexibility index (Phi) is 5.69. The Morgan fingerprint density at radius 3 is 3.00 bits per heavy atom. The van der Waals surface area contributed by atoms with Gasteiger partial charge in [-0.05, 0) is 50.4 Å². The highest BCUT2D eigenvalue weighted by Crippen LogP contribution is 2.37. The second-order valence-electron chi connectivity index (χ2n) is 7.96. The molecule has 3 atom stereocenters. The number of fused-ring (bicyclic) bond motifs is 1. The number of halogens is 1. The van der Waals surface area contributed by atoms with E-state index in [1.165, 1.54) is 0 Å². The fourth-order valence-corrected chi connectivity index (χ4v) is 5.29. The van der Waals surface area contributed by atoms with E-state index in [9.17, 15) is 13.7 Å². The van der Waals surface area contributed by atoms with Gasteiger partial charge >= 0.3 is 6.09 Å². The molecule has 1 aliphatic heterocycles. The van der Waals surface area contributed by atoms with Gasteiger partial charge in [0, 0.05) is 34.8 Å². The number of aromatic nitrogens is 2. The van der Waals surface area contributed by atoms with Crippen LogP contribution in [0.3, 0.4) is 0 Å². The minimum Gasteiger partial charge on any atom is -0.616 e. The van der Waals surface area contributed by atoms with E-state index in [1.807, 2.05) is 26.0 Å². The number of carbonyl (C=O) groups is 1. The van der Waals surface area contributed by atoms with Crippen molar-refractivity contribution in [3.05, 3.63) is 40.8 Å². The fourth-order valence-electron chi connectivity index (χ4n) is 3.93. The molecule has 1 fully saturated rings. The third-order valence-electron chi connectivity index (χ3n) is 5.33. The van der Waals surface area contributed by atoms with E-state index >= 15 is 0 Å². The number of carbonyl (C=O) groups excluding carboxylic acids is 1. The summed E-state index contributed by atoms with van der Waals surface area (Å²) in [5.41, 5.74) is 2.61. The van der Waals surface area contributed by atoms with Crippen LogP contribution >= 0.6 is 0 Å². The standard InChI is InChI=1S/C20H25FN4O3S/c1-11(2)22-20(26)28-14-5-3-12(7-14)17-8-18(25-24-17)23-16-6-4-13-9-29(27)10-15(13)19(16)21/h4,6,8,11-12,14H,3,5,7,9-10H2,1-2H3,(H,22,26)(H2,23,24,25). The lowest BCUT2D eigenvalue weighted by atomic mass is 10.0. The van der Waals surface area contributed by atoms with E-state index < -0.39 is 11.2 Å². The van der Waals surface area contributed by atoms with Crippen LogP contribution in [0.4, 0.5) is 20.7 Å². The summed E-state index contributed by atoms with van der Waals surface area (Å²) in [5, 5.41) is 13.0. The minimum atomic E-state index is -1.02. The van der Waals surface area contributed by atoms with E-state index in [1.54, 1.807) is 6.07 Å². The highest BCUT2D eigenvalue weighted by atomic mass is 32.2. The predicted octanol–water partition coefficient (Wildman–Crippen LogP) is 3.83. The van der Waals surface area contributed by atoms with E-state index in [4.69, 9.17) is 4.74 Å². The Labute approximate surface area is 172 Å². The van der Waals surface area contributed by atoms with Crippen LogP contribution in [-0.4, -0.2) is 33.0 Å². The quantitative estimate of drug-likeness (QED) is 0.638. The molecule has 3 unspecified atom stereocenters. The zero-order chi connectivity index (χ0) is 20.5. The maximum atomic E-state index is 14.7. The van der Waals surface area contributed by atoms with Gasteiger partial charge in [0.25, 0.3) is 0 Å². The monoisotopic (exact) mass is 420 g/mol. The Morgan fingerprint density at radius 1 is 1.38 bits per heavy atom. The van der Waals surface area contributed by atoms with Gasteiger partial charge in [-0.15, -0.1) is 0 Å². The summed E-state index contributed by atoms with van der Waals surface area (Å²) in [6.45, 7) is 3.78. The lowest BCUT2D eigenvalue weighted by Gasteiger charge is -2.14. The third-order valence-corrected chi connectivity index (χ3v) is 6.57. The fraction of sp³-hybridized carbons (Fsp3) is 0.500. The first-order valence-electron chi connectivity index (χ1n) is 9.83. The molecule has 0 radical (unpaired) electrons. The van der Waals surface area contributed by atoms with Gasteiger partial charge in [0.2, 0.25) is 0 Å². The molecule has 1 aromatic heterocycles. The smallest absolute Gasteiger partial charge is 0.407 e. The summed E-state index contributed by atoms with van der Waals surface area (Å²) < 4.78 is 31.9. The SMILES string of the molecule is CC(C)NC(=O)OC1CCC(c2cc(Nc3ccc4c(c3F)C[S+]([O-])C4)n[nH]2)C1. The Morgan fingerprint density at radius 2 is 2.21 bits per heavy atom. The Hall–Kier alpha value is -2.26. The number of benzene rings is 1. The molecule has 1 amide bonds. The number of hydrogen-bond donors (Lipinski definition) is 3. The number of amides is 1. The number of nitrogens with zero attached hydrogens (tertiary/aromatic N) is 1. The van der Waals surface area contributed by atoms with Crippen molar-refractivity contribution in [1.29, 1.82) is 0 Å². The first-order valence-corrected chi connectivity index (χ1v) is 11.3. The van der Waals surface area contributed by atoms with Gasteiger partial charge in [0.15, 0.2) is 11.6 Å². The van der Waals surface area contributed by atoms with E-state index in [0.29, 0.717) is 22.8 Å². The van der Waals surface area contributed by atoms with Crippen LogP contribution in [0.15, 0.2) is 18.2 Å². The Bertz CT molecular complexity index is 904. The van der Waals surface area contributed by atoms with E-state index in [2.05, 4.69) is 20.8 Å². The van der Waals surface area contributed by atoms with Crippen molar-refractivity contribution in [1.82, 2.24) is 15.5 Å². The molecule has 2 aliphatic rings. The van der Waals surface area contributed by atoms with Crippen molar-refractivity contribution in [2.24, 2.45) is 0 Å². The highest BCUT2D eigenvalue weighted by molar-refractivity contribution is 7.90. The maximum absolute atomic E-state index is 14.7. The predicted molar refractivity (Wildman–Crippen MR) is 109 cm³/mol. The molecule has 156 valence electrons. The van der Waals surface area contributed by atoms with E-state index in [0.717, 1.165) is 30.5 Å². The van der Waals surface area contributed by atoms with Crippen LogP contribution in [0, 0.1) is 5.82 Å². The van der Waals surface area contributed by atoms with Gasteiger partial charge in [-0.2, -0.15) is 5.10 Å². The molecular formula is C20H25FN4O3S. The van der Waals surface area contributed by atoms with Gasteiger partial charge in [-0.1, -0.05) is 6.07 Å².